The molecule has 0 radical (unpaired) electrons. The molecule has 0 aliphatic rings. The molecule has 2 aromatic rings. The van der Waals surface area contributed by atoms with Crippen molar-refractivity contribution in [2.75, 3.05) is 13.2 Å². The number of halogens is 1. The van der Waals surface area contributed by atoms with E-state index in [0.717, 1.165) is 18.2 Å². The molecule has 0 aliphatic heterocycles. The fraction of sp³-hybridized carbons (Fsp3) is 0.474. The second-order valence-electron chi connectivity index (χ2n) is 5.72. The van der Waals surface area contributed by atoms with Gasteiger partial charge in [0.05, 0.1) is 11.6 Å². The van der Waals surface area contributed by atoms with Gasteiger partial charge in [-0.15, -0.1) is 0 Å². The fourth-order valence-corrected chi connectivity index (χ4v) is 2.69. The van der Waals surface area contributed by atoms with Crippen LogP contribution in [0.25, 0.3) is 10.9 Å². The van der Waals surface area contributed by atoms with E-state index in [9.17, 15) is 4.79 Å². The van der Waals surface area contributed by atoms with Crippen LogP contribution in [0.2, 0.25) is 5.02 Å². The maximum Gasteiger partial charge on any atom is 0.344 e. The summed E-state index contributed by atoms with van der Waals surface area (Å²) in [4.78, 5) is 16.0. The normalized spacial score (nSPS) is 10.8. The number of hydrogen-bond acceptors (Lipinski definition) is 4. The number of benzene rings is 1. The zero-order valence-electron chi connectivity index (χ0n) is 14.1. The number of carbonyl (C=O) groups excluding carboxylic acids is 1. The number of esters is 1. The second kappa shape index (κ2) is 10.1. The maximum atomic E-state index is 11.8. The molecular weight excluding hydrogens is 326 g/mol. The third kappa shape index (κ3) is 5.68. The minimum Gasteiger partial charge on any atom is -0.480 e. The van der Waals surface area contributed by atoms with Crippen LogP contribution in [0, 0.1) is 0 Å². The molecule has 4 nitrogen and oxygen atoms in total. The lowest BCUT2D eigenvalue weighted by molar-refractivity contribution is -0.146. The topological polar surface area (TPSA) is 48.4 Å². The van der Waals surface area contributed by atoms with Gasteiger partial charge in [0.15, 0.2) is 6.61 Å². The molecule has 1 aromatic carbocycles. The fourth-order valence-electron chi connectivity index (χ4n) is 2.48. The van der Waals surface area contributed by atoms with Gasteiger partial charge in [0.1, 0.15) is 11.3 Å². The number of aromatic nitrogens is 1. The Morgan fingerprint density at radius 1 is 1.12 bits per heavy atom. The van der Waals surface area contributed by atoms with E-state index in [0.29, 0.717) is 22.9 Å². The first-order valence-corrected chi connectivity index (χ1v) is 8.92. The number of nitrogens with zero attached hydrogens (tertiary/aromatic N) is 1. The summed E-state index contributed by atoms with van der Waals surface area (Å²) in [5.41, 5.74) is 0.647. The van der Waals surface area contributed by atoms with Gasteiger partial charge in [0, 0.05) is 11.6 Å². The smallest absolute Gasteiger partial charge is 0.344 e. The van der Waals surface area contributed by atoms with Gasteiger partial charge >= 0.3 is 5.97 Å². The van der Waals surface area contributed by atoms with Crippen molar-refractivity contribution in [3.05, 3.63) is 35.5 Å². The number of ether oxygens (including phenoxy) is 2. The van der Waals surface area contributed by atoms with E-state index in [1.54, 1.807) is 18.3 Å². The van der Waals surface area contributed by atoms with Crippen molar-refractivity contribution in [3.8, 4) is 5.75 Å². The van der Waals surface area contributed by atoms with Crippen molar-refractivity contribution in [2.45, 2.75) is 45.4 Å². The highest BCUT2D eigenvalue weighted by Crippen LogP contribution is 2.29. The van der Waals surface area contributed by atoms with E-state index in [2.05, 4.69) is 11.9 Å². The quantitative estimate of drug-likeness (QED) is 0.438. The molecule has 5 heteroatoms. The first-order chi connectivity index (χ1) is 11.7. The van der Waals surface area contributed by atoms with Gasteiger partial charge in [-0.3, -0.25) is 4.98 Å². The highest BCUT2D eigenvalue weighted by atomic mass is 35.5. The standard InChI is InChI=1S/C19H24ClNO3/c1-2-3-4-5-6-7-13-23-18(22)14-24-17-11-10-16(20)15-9-8-12-21-19(15)17/h8-12H,2-7,13-14H2,1H3. The van der Waals surface area contributed by atoms with Crippen LogP contribution in [0.5, 0.6) is 5.75 Å². The van der Waals surface area contributed by atoms with Crippen molar-refractivity contribution < 1.29 is 14.3 Å². The molecule has 0 saturated carbocycles. The lowest BCUT2D eigenvalue weighted by Gasteiger charge is -2.09. The number of pyridine rings is 1. The van der Waals surface area contributed by atoms with Gasteiger partial charge in [-0.2, -0.15) is 0 Å². The molecular formula is C19H24ClNO3. The van der Waals surface area contributed by atoms with Crippen molar-refractivity contribution in [2.24, 2.45) is 0 Å². The molecule has 0 saturated heterocycles. The summed E-state index contributed by atoms with van der Waals surface area (Å²) in [6.07, 6.45) is 8.63. The number of fused-ring (bicyclic) bond motifs is 1. The number of carbonyl (C=O) groups is 1. The summed E-state index contributed by atoms with van der Waals surface area (Å²) in [6, 6.07) is 7.14. The summed E-state index contributed by atoms with van der Waals surface area (Å²) < 4.78 is 10.7. The second-order valence-corrected chi connectivity index (χ2v) is 6.13. The molecule has 24 heavy (non-hydrogen) atoms. The summed E-state index contributed by atoms with van der Waals surface area (Å²) in [6.45, 7) is 2.53. The number of hydrogen-bond donors (Lipinski definition) is 0. The van der Waals surface area contributed by atoms with E-state index in [-0.39, 0.29) is 12.6 Å². The third-order valence-corrected chi connectivity index (χ3v) is 4.12. The van der Waals surface area contributed by atoms with Crippen LogP contribution in [-0.2, 0) is 9.53 Å². The predicted octanol–water partition coefficient (Wildman–Crippen LogP) is 5.17. The molecule has 0 spiro atoms. The Hall–Kier alpha value is -1.81. The first kappa shape index (κ1) is 18.5. The lowest BCUT2D eigenvalue weighted by atomic mass is 10.1. The van der Waals surface area contributed by atoms with Gasteiger partial charge in [-0.05, 0) is 30.7 Å². The SMILES string of the molecule is CCCCCCCCOC(=O)COc1ccc(Cl)c2cccnc12. The van der Waals surface area contributed by atoms with E-state index in [4.69, 9.17) is 21.1 Å². The Morgan fingerprint density at radius 3 is 2.75 bits per heavy atom. The summed E-state index contributed by atoms with van der Waals surface area (Å²) in [5, 5.41) is 1.41. The Morgan fingerprint density at radius 2 is 1.92 bits per heavy atom. The third-order valence-electron chi connectivity index (χ3n) is 3.79. The van der Waals surface area contributed by atoms with E-state index in [1.807, 2.05) is 12.1 Å². The molecule has 130 valence electrons. The zero-order valence-corrected chi connectivity index (χ0v) is 14.8. The zero-order chi connectivity index (χ0) is 17.2. The molecule has 0 N–H and O–H groups in total. The average molecular weight is 350 g/mol. The van der Waals surface area contributed by atoms with Gasteiger partial charge in [0.2, 0.25) is 0 Å². The van der Waals surface area contributed by atoms with Gasteiger partial charge in [-0.25, -0.2) is 4.79 Å². The maximum absolute atomic E-state index is 11.8. The monoisotopic (exact) mass is 349 g/mol. The van der Waals surface area contributed by atoms with Gasteiger partial charge < -0.3 is 9.47 Å². The number of rotatable bonds is 10. The summed E-state index contributed by atoms with van der Waals surface area (Å²) in [5.74, 6) is 0.175. The summed E-state index contributed by atoms with van der Waals surface area (Å²) >= 11 is 6.13. The van der Waals surface area contributed by atoms with Crippen LogP contribution < -0.4 is 4.74 Å². The van der Waals surface area contributed by atoms with E-state index < -0.39 is 0 Å². The highest BCUT2D eigenvalue weighted by molar-refractivity contribution is 6.35. The first-order valence-electron chi connectivity index (χ1n) is 8.54. The Bertz CT molecular complexity index is 660. The molecule has 1 heterocycles. The predicted molar refractivity (Wildman–Crippen MR) is 96.6 cm³/mol. The van der Waals surface area contributed by atoms with Crippen molar-refractivity contribution in [1.82, 2.24) is 4.98 Å². The van der Waals surface area contributed by atoms with E-state index >= 15 is 0 Å². The van der Waals surface area contributed by atoms with Crippen LogP contribution in [0.3, 0.4) is 0 Å². The molecule has 0 aliphatic carbocycles. The van der Waals surface area contributed by atoms with Crippen LogP contribution >= 0.6 is 11.6 Å². The van der Waals surface area contributed by atoms with Crippen molar-refractivity contribution in [1.29, 1.82) is 0 Å². The summed E-state index contributed by atoms with van der Waals surface area (Å²) in [7, 11) is 0. The minimum atomic E-state index is -0.359. The van der Waals surface area contributed by atoms with Crippen LogP contribution in [0.4, 0.5) is 0 Å². The Labute approximate surface area is 148 Å². The molecule has 1 aromatic heterocycles. The molecule has 0 amide bonds. The van der Waals surface area contributed by atoms with Crippen molar-refractivity contribution >= 4 is 28.5 Å². The van der Waals surface area contributed by atoms with Crippen LogP contribution in [-0.4, -0.2) is 24.2 Å². The Balaban J connectivity index is 1.74. The van der Waals surface area contributed by atoms with Crippen LogP contribution in [0.1, 0.15) is 45.4 Å². The van der Waals surface area contributed by atoms with Crippen molar-refractivity contribution in [3.63, 3.8) is 0 Å². The van der Waals surface area contributed by atoms with E-state index in [1.165, 1.54) is 25.7 Å². The molecule has 0 bridgehead atoms. The average Bonchev–Trinajstić information content (AvgIpc) is 2.60. The van der Waals surface area contributed by atoms with Gasteiger partial charge in [0.25, 0.3) is 0 Å². The molecule has 0 unspecified atom stereocenters. The minimum absolute atomic E-state index is 0.122. The highest BCUT2D eigenvalue weighted by Gasteiger charge is 2.09. The molecule has 0 fully saturated rings. The van der Waals surface area contributed by atoms with Gasteiger partial charge in [-0.1, -0.05) is 50.6 Å². The van der Waals surface area contributed by atoms with Crippen LogP contribution in [0.15, 0.2) is 30.5 Å². The molecule has 0 atom stereocenters. The lowest BCUT2D eigenvalue weighted by Crippen LogP contribution is -2.15. The molecule has 2 rings (SSSR count). The largest absolute Gasteiger partial charge is 0.480 e. The number of unbranched alkanes of at least 4 members (excludes halogenated alkanes) is 5. The Kier molecular flexibility index (Phi) is 7.83.